The number of hydrogen-bond donors (Lipinski definition) is 1. The van der Waals surface area contributed by atoms with E-state index in [1.54, 1.807) is 30.3 Å². The molecule has 0 fully saturated rings. The summed E-state index contributed by atoms with van der Waals surface area (Å²) in [6.45, 7) is 2.11. The Morgan fingerprint density at radius 3 is 2.75 bits per heavy atom. The van der Waals surface area contributed by atoms with Gasteiger partial charge in [0.15, 0.2) is 0 Å². The van der Waals surface area contributed by atoms with Crippen LogP contribution in [0.3, 0.4) is 0 Å². The van der Waals surface area contributed by atoms with E-state index < -0.39 is 5.97 Å². The van der Waals surface area contributed by atoms with Crippen molar-refractivity contribution in [2.75, 3.05) is 0 Å². The summed E-state index contributed by atoms with van der Waals surface area (Å²) in [4.78, 5) is 12.4. The van der Waals surface area contributed by atoms with Gasteiger partial charge in [0.1, 0.15) is 23.6 Å². The number of halogens is 1. The van der Waals surface area contributed by atoms with Crippen LogP contribution < -0.4 is 4.74 Å². The molecule has 7 nitrogen and oxygen atoms in total. The first-order valence-electron chi connectivity index (χ1n) is 8.53. The zero-order valence-electron chi connectivity index (χ0n) is 14.9. The first kappa shape index (κ1) is 18.1. The SMILES string of the molecule is Cc1nn(-c2ccc(Cl)cc2)nc1COc1ccc2c(CC(=O)O)coc2c1. The van der Waals surface area contributed by atoms with Crippen molar-refractivity contribution in [1.29, 1.82) is 0 Å². The predicted octanol–water partition coefficient (Wildman–Crippen LogP) is 4.18. The number of aryl methyl sites for hydroxylation is 1. The number of fused-ring (bicyclic) bond motifs is 1. The molecule has 0 unspecified atom stereocenters. The zero-order valence-corrected chi connectivity index (χ0v) is 15.7. The Balaban J connectivity index is 1.50. The maximum absolute atomic E-state index is 10.9. The lowest BCUT2D eigenvalue weighted by Crippen LogP contribution is -2.01. The maximum atomic E-state index is 10.9. The molecule has 0 saturated heterocycles. The number of nitrogens with zero attached hydrogens (tertiary/aromatic N) is 3. The van der Waals surface area contributed by atoms with Gasteiger partial charge in [-0.3, -0.25) is 4.79 Å². The highest BCUT2D eigenvalue weighted by atomic mass is 35.5. The standard InChI is InChI=1S/C20H16ClN3O4/c1-12-18(23-24(22-12)15-4-2-14(21)3-5-15)11-27-16-6-7-17-13(8-20(25)26)10-28-19(17)9-16/h2-7,9-10H,8,11H2,1H3,(H,25,26). The molecule has 142 valence electrons. The van der Waals surface area contributed by atoms with Crippen molar-refractivity contribution in [3.05, 3.63) is 70.7 Å². The molecule has 0 amide bonds. The Hall–Kier alpha value is -3.32. The minimum atomic E-state index is -0.901. The van der Waals surface area contributed by atoms with Crippen LogP contribution >= 0.6 is 11.6 Å². The molecule has 0 spiro atoms. The topological polar surface area (TPSA) is 90.4 Å². The third-order valence-corrected chi connectivity index (χ3v) is 4.53. The van der Waals surface area contributed by atoms with E-state index in [1.165, 1.54) is 11.1 Å². The molecular formula is C20H16ClN3O4. The van der Waals surface area contributed by atoms with E-state index in [2.05, 4.69) is 10.2 Å². The Morgan fingerprint density at radius 1 is 1.21 bits per heavy atom. The average molecular weight is 398 g/mol. The van der Waals surface area contributed by atoms with Crippen molar-refractivity contribution in [3.8, 4) is 11.4 Å². The van der Waals surface area contributed by atoms with Crippen LogP contribution in [0.4, 0.5) is 0 Å². The highest BCUT2D eigenvalue weighted by Crippen LogP contribution is 2.26. The molecule has 2 aromatic heterocycles. The van der Waals surface area contributed by atoms with Crippen molar-refractivity contribution >= 4 is 28.5 Å². The first-order valence-corrected chi connectivity index (χ1v) is 8.91. The van der Waals surface area contributed by atoms with Gasteiger partial charge in [0, 0.05) is 22.0 Å². The molecule has 0 aliphatic heterocycles. The molecule has 4 rings (SSSR count). The summed E-state index contributed by atoms with van der Waals surface area (Å²) in [7, 11) is 0. The van der Waals surface area contributed by atoms with Gasteiger partial charge in [0.2, 0.25) is 0 Å². The second kappa shape index (κ2) is 7.36. The number of rotatable bonds is 6. The number of furan rings is 1. The van der Waals surface area contributed by atoms with E-state index in [1.807, 2.05) is 19.1 Å². The van der Waals surface area contributed by atoms with Crippen LogP contribution in [-0.4, -0.2) is 26.1 Å². The molecule has 2 aromatic carbocycles. The largest absolute Gasteiger partial charge is 0.487 e. The van der Waals surface area contributed by atoms with E-state index in [4.69, 9.17) is 25.9 Å². The molecule has 0 aliphatic carbocycles. The molecule has 2 heterocycles. The van der Waals surface area contributed by atoms with Crippen LogP contribution in [0.2, 0.25) is 5.02 Å². The van der Waals surface area contributed by atoms with Gasteiger partial charge < -0.3 is 14.3 Å². The van der Waals surface area contributed by atoms with Crippen LogP contribution in [0.5, 0.6) is 5.75 Å². The van der Waals surface area contributed by atoms with Gasteiger partial charge >= 0.3 is 5.97 Å². The van der Waals surface area contributed by atoms with Crippen LogP contribution in [0, 0.1) is 6.92 Å². The number of ether oxygens (including phenoxy) is 1. The van der Waals surface area contributed by atoms with Gasteiger partial charge in [0.05, 0.1) is 24.1 Å². The van der Waals surface area contributed by atoms with E-state index in [9.17, 15) is 4.79 Å². The molecule has 28 heavy (non-hydrogen) atoms. The zero-order chi connectivity index (χ0) is 19.7. The summed E-state index contributed by atoms with van der Waals surface area (Å²) in [6, 6.07) is 12.6. The van der Waals surface area contributed by atoms with E-state index in [0.717, 1.165) is 16.8 Å². The van der Waals surface area contributed by atoms with E-state index in [-0.39, 0.29) is 13.0 Å². The summed E-state index contributed by atoms with van der Waals surface area (Å²) < 4.78 is 11.3. The highest BCUT2D eigenvalue weighted by Gasteiger charge is 2.12. The molecule has 0 aliphatic rings. The third kappa shape index (κ3) is 3.70. The number of hydrogen-bond acceptors (Lipinski definition) is 5. The Morgan fingerprint density at radius 2 is 2.00 bits per heavy atom. The van der Waals surface area contributed by atoms with Crippen molar-refractivity contribution in [2.24, 2.45) is 0 Å². The van der Waals surface area contributed by atoms with Crippen LogP contribution in [-0.2, 0) is 17.8 Å². The average Bonchev–Trinajstić information content (AvgIpc) is 3.23. The smallest absolute Gasteiger partial charge is 0.307 e. The number of benzene rings is 2. The fourth-order valence-corrected chi connectivity index (χ4v) is 2.96. The van der Waals surface area contributed by atoms with Crippen molar-refractivity contribution < 1.29 is 19.1 Å². The Kier molecular flexibility index (Phi) is 4.75. The summed E-state index contributed by atoms with van der Waals surface area (Å²) in [5.41, 5.74) is 3.49. The summed E-state index contributed by atoms with van der Waals surface area (Å²) in [6.07, 6.45) is 1.38. The first-order chi connectivity index (χ1) is 13.5. The Labute approximate surface area is 165 Å². The van der Waals surface area contributed by atoms with E-state index >= 15 is 0 Å². The number of carboxylic acid groups (broad SMARTS) is 1. The fourth-order valence-electron chi connectivity index (χ4n) is 2.84. The second-order valence-corrected chi connectivity index (χ2v) is 6.71. The van der Waals surface area contributed by atoms with Gasteiger partial charge in [-0.2, -0.15) is 9.90 Å². The number of carbonyl (C=O) groups is 1. The van der Waals surface area contributed by atoms with Crippen molar-refractivity contribution in [3.63, 3.8) is 0 Å². The lowest BCUT2D eigenvalue weighted by atomic mass is 10.1. The summed E-state index contributed by atoms with van der Waals surface area (Å²) in [5, 5.41) is 19.2. The van der Waals surface area contributed by atoms with Gasteiger partial charge in [0.25, 0.3) is 0 Å². The maximum Gasteiger partial charge on any atom is 0.307 e. The molecule has 0 bridgehead atoms. The normalized spacial score (nSPS) is 11.1. The van der Waals surface area contributed by atoms with Crippen LogP contribution in [0.1, 0.15) is 17.0 Å². The lowest BCUT2D eigenvalue weighted by Gasteiger charge is -2.04. The van der Waals surface area contributed by atoms with Gasteiger partial charge in [-0.1, -0.05) is 11.6 Å². The summed E-state index contributed by atoms with van der Waals surface area (Å²) in [5.74, 6) is -0.300. The van der Waals surface area contributed by atoms with Gasteiger partial charge in [-0.05, 0) is 43.3 Å². The molecule has 8 heteroatoms. The highest BCUT2D eigenvalue weighted by molar-refractivity contribution is 6.30. The minimum Gasteiger partial charge on any atom is -0.487 e. The van der Waals surface area contributed by atoms with Crippen molar-refractivity contribution in [2.45, 2.75) is 20.0 Å². The molecule has 0 radical (unpaired) electrons. The van der Waals surface area contributed by atoms with E-state index in [0.29, 0.717) is 27.6 Å². The van der Waals surface area contributed by atoms with Crippen LogP contribution in [0.25, 0.3) is 16.7 Å². The molecular weight excluding hydrogens is 382 g/mol. The summed E-state index contributed by atoms with van der Waals surface area (Å²) >= 11 is 5.91. The minimum absolute atomic E-state index is 0.0831. The molecule has 0 saturated carbocycles. The molecule has 0 atom stereocenters. The molecule has 4 aromatic rings. The monoisotopic (exact) mass is 397 g/mol. The quantitative estimate of drug-likeness (QED) is 0.524. The fraction of sp³-hybridized carbons (Fsp3) is 0.150. The number of aliphatic carboxylic acids is 1. The number of aromatic nitrogens is 3. The van der Waals surface area contributed by atoms with Crippen LogP contribution in [0.15, 0.2) is 53.1 Å². The number of carboxylic acids is 1. The molecule has 1 N–H and O–H groups in total. The van der Waals surface area contributed by atoms with Gasteiger partial charge in [-0.15, -0.1) is 5.10 Å². The lowest BCUT2D eigenvalue weighted by molar-refractivity contribution is -0.136. The third-order valence-electron chi connectivity index (χ3n) is 4.28. The van der Waals surface area contributed by atoms with Gasteiger partial charge in [-0.25, -0.2) is 0 Å². The second-order valence-electron chi connectivity index (χ2n) is 6.28. The Bertz CT molecular complexity index is 1150. The van der Waals surface area contributed by atoms with Crippen molar-refractivity contribution in [1.82, 2.24) is 15.0 Å². The predicted molar refractivity (Wildman–Crippen MR) is 103 cm³/mol.